The molecule has 31 heavy (non-hydrogen) atoms. The minimum Gasteiger partial charge on any atom is -0.490 e. The van der Waals surface area contributed by atoms with Crippen LogP contribution in [-0.4, -0.2) is 55.0 Å². The van der Waals surface area contributed by atoms with Gasteiger partial charge in [0.2, 0.25) is 0 Å². The van der Waals surface area contributed by atoms with Gasteiger partial charge in [-0.25, -0.2) is 14.5 Å². The highest BCUT2D eigenvalue weighted by Gasteiger charge is 2.16. The third kappa shape index (κ3) is 4.52. The topological polar surface area (TPSA) is 122 Å². The molecule has 1 atom stereocenters. The summed E-state index contributed by atoms with van der Waals surface area (Å²) >= 11 is 0. The zero-order chi connectivity index (χ0) is 21.8. The summed E-state index contributed by atoms with van der Waals surface area (Å²) in [4.78, 5) is 21.3. The van der Waals surface area contributed by atoms with Crippen LogP contribution >= 0.6 is 0 Å². The third-order valence-electron chi connectivity index (χ3n) is 4.53. The van der Waals surface area contributed by atoms with E-state index >= 15 is 0 Å². The van der Waals surface area contributed by atoms with E-state index in [0.29, 0.717) is 28.5 Å². The number of anilines is 1. The number of aryl methyl sites for hydroxylation is 1. The third-order valence-corrected chi connectivity index (χ3v) is 4.53. The maximum atomic E-state index is 12.8. The number of aromatic nitrogens is 4. The molecular weight excluding hydrogens is 398 g/mol. The summed E-state index contributed by atoms with van der Waals surface area (Å²) in [5.74, 6) is 0.556. The molecule has 0 radical (unpaired) electrons. The number of nitrogens with zero attached hydrogens (tertiary/aromatic N) is 4. The van der Waals surface area contributed by atoms with Gasteiger partial charge in [0.05, 0.1) is 18.5 Å². The van der Waals surface area contributed by atoms with Gasteiger partial charge in [0.1, 0.15) is 24.3 Å². The van der Waals surface area contributed by atoms with E-state index in [1.54, 1.807) is 30.3 Å². The summed E-state index contributed by atoms with van der Waals surface area (Å²) in [5.41, 5.74) is 2.80. The molecule has 158 valence electrons. The number of aliphatic hydroxyl groups excluding tert-OH is 2. The van der Waals surface area contributed by atoms with Crippen LogP contribution in [0.1, 0.15) is 16.2 Å². The average Bonchev–Trinajstić information content (AvgIpc) is 3.21. The van der Waals surface area contributed by atoms with Gasteiger partial charge in [-0.05, 0) is 43.3 Å². The van der Waals surface area contributed by atoms with Crippen LogP contribution in [0, 0.1) is 6.92 Å². The lowest BCUT2D eigenvalue weighted by atomic mass is 10.1. The van der Waals surface area contributed by atoms with Crippen molar-refractivity contribution in [2.45, 2.75) is 13.0 Å². The number of nitrogens with one attached hydrogen (secondary N) is 1. The first-order valence-corrected chi connectivity index (χ1v) is 9.66. The molecule has 0 unspecified atom stereocenters. The number of benzene rings is 1. The van der Waals surface area contributed by atoms with E-state index in [2.05, 4.69) is 20.4 Å². The van der Waals surface area contributed by atoms with Gasteiger partial charge < -0.3 is 20.3 Å². The van der Waals surface area contributed by atoms with E-state index in [1.165, 1.54) is 10.7 Å². The van der Waals surface area contributed by atoms with E-state index in [1.807, 2.05) is 31.2 Å². The molecule has 0 fully saturated rings. The van der Waals surface area contributed by atoms with Crippen LogP contribution in [0.5, 0.6) is 5.75 Å². The molecule has 0 aliphatic rings. The Balaban J connectivity index is 1.65. The predicted octanol–water partition coefficient (Wildman–Crippen LogP) is 2.08. The largest absolute Gasteiger partial charge is 0.490 e. The lowest BCUT2D eigenvalue weighted by Crippen LogP contribution is -2.21. The van der Waals surface area contributed by atoms with Gasteiger partial charge >= 0.3 is 0 Å². The van der Waals surface area contributed by atoms with Crippen molar-refractivity contribution in [3.63, 3.8) is 0 Å². The van der Waals surface area contributed by atoms with Crippen molar-refractivity contribution in [2.24, 2.45) is 0 Å². The summed E-state index contributed by atoms with van der Waals surface area (Å²) in [6, 6.07) is 16.1. The summed E-state index contributed by atoms with van der Waals surface area (Å²) in [7, 11) is 0. The molecular formula is C22H21N5O4. The molecule has 0 spiro atoms. The molecule has 0 bridgehead atoms. The molecule has 9 heteroatoms. The fourth-order valence-electron chi connectivity index (χ4n) is 3.01. The van der Waals surface area contributed by atoms with Gasteiger partial charge in [-0.2, -0.15) is 5.10 Å². The maximum Gasteiger partial charge on any atom is 0.277 e. The van der Waals surface area contributed by atoms with Gasteiger partial charge in [0.15, 0.2) is 11.3 Å². The lowest BCUT2D eigenvalue weighted by molar-refractivity contribution is 0.0538. The molecule has 3 N–H and O–H groups in total. The van der Waals surface area contributed by atoms with Crippen LogP contribution in [0.15, 0.2) is 60.8 Å². The number of hydrogen-bond donors (Lipinski definition) is 3. The number of pyridine rings is 1. The summed E-state index contributed by atoms with van der Waals surface area (Å²) < 4.78 is 7.10. The monoisotopic (exact) mass is 419 g/mol. The van der Waals surface area contributed by atoms with E-state index in [4.69, 9.17) is 9.84 Å². The number of imidazole rings is 1. The highest BCUT2D eigenvalue weighted by Crippen LogP contribution is 2.28. The molecule has 9 nitrogen and oxygen atoms in total. The quantitative estimate of drug-likeness (QED) is 0.419. The predicted molar refractivity (Wildman–Crippen MR) is 114 cm³/mol. The Kier molecular flexibility index (Phi) is 5.87. The summed E-state index contributed by atoms with van der Waals surface area (Å²) in [5, 5.41) is 25.9. The Morgan fingerprint density at radius 2 is 2.00 bits per heavy atom. The fourth-order valence-corrected chi connectivity index (χ4v) is 3.01. The van der Waals surface area contributed by atoms with Crippen molar-refractivity contribution < 1.29 is 19.7 Å². The SMILES string of the molecule is Cc1cccc(NC(=O)c2cnc3ccc(-c4ccccc4OC[C@H](O)CO)nn23)n1. The van der Waals surface area contributed by atoms with Crippen LogP contribution in [0.25, 0.3) is 16.9 Å². The number of carbonyl (C=O) groups excluding carboxylic acids is 1. The molecule has 3 aromatic heterocycles. The molecule has 4 rings (SSSR count). The van der Waals surface area contributed by atoms with Gasteiger partial charge in [0, 0.05) is 11.3 Å². The molecule has 0 aliphatic heterocycles. The van der Waals surface area contributed by atoms with Crippen LogP contribution in [0.4, 0.5) is 5.82 Å². The Hall–Kier alpha value is -3.82. The molecule has 4 aromatic rings. The van der Waals surface area contributed by atoms with Crippen LogP contribution < -0.4 is 10.1 Å². The standard InChI is InChI=1S/C22H21N5O4/c1-14-5-4-8-20(24-14)25-22(30)18-11-23-21-10-9-17(26-27(18)21)16-6-2-3-7-19(16)31-13-15(29)12-28/h2-11,15,28-29H,12-13H2,1H3,(H,24,25,30)/t15-/m1/s1. The van der Waals surface area contributed by atoms with Crippen molar-refractivity contribution in [1.29, 1.82) is 0 Å². The van der Waals surface area contributed by atoms with Crippen LogP contribution in [-0.2, 0) is 0 Å². The number of para-hydroxylation sites is 1. The fraction of sp³-hybridized carbons (Fsp3) is 0.182. The van der Waals surface area contributed by atoms with Gasteiger partial charge in [-0.15, -0.1) is 0 Å². The minimum atomic E-state index is -0.984. The lowest BCUT2D eigenvalue weighted by Gasteiger charge is -2.13. The average molecular weight is 419 g/mol. The molecule has 1 amide bonds. The van der Waals surface area contributed by atoms with Crippen LogP contribution in [0.2, 0.25) is 0 Å². The van der Waals surface area contributed by atoms with E-state index in [-0.39, 0.29) is 18.2 Å². The van der Waals surface area contributed by atoms with Crippen molar-refractivity contribution in [3.8, 4) is 17.0 Å². The second-order valence-corrected chi connectivity index (χ2v) is 6.89. The number of ether oxygens (including phenoxy) is 1. The number of carbonyl (C=O) groups is 1. The summed E-state index contributed by atoms with van der Waals surface area (Å²) in [6.07, 6.45) is 0.472. The van der Waals surface area contributed by atoms with Gasteiger partial charge in [-0.1, -0.05) is 18.2 Å². The second-order valence-electron chi connectivity index (χ2n) is 6.89. The Labute approximate surface area is 178 Å². The zero-order valence-electron chi connectivity index (χ0n) is 16.8. The molecule has 0 aliphatic carbocycles. The van der Waals surface area contributed by atoms with E-state index < -0.39 is 12.7 Å². The number of hydrogen-bond acceptors (Lipinski definition) is 7. The Bertz CT molecular complexity index is 1220. The number of aliphatic hydroxyl groups is 2. The van der Waals surface area contributed by atoms with E-state index in [9.17, 15) is 9.90 Å². The number of amides is 1. The Morgan fingerprint density at radius 3 is 2.81 bits per heavy atom. The van der Waals surface area contributed by atoms with Crippen molar-refractivity contribution in [2.75, 3.05) is 18.5 Å². The second kappa shape index (κ2) is 8.90. The highest BCUT2D eigenvalue weighted by molar-refractivity contribution is 6.02. The molecule has 0 saturated carbocycles. The normalized spacial score (nSPS) is 12.0. The summed E-state index contributed by atoms with van der Waals surface area (Å²) in [6.45, 7) is 1.39. The number of fused-ring (bicyclic) bond motifs is 1. The minimum absolute atomic E-state index is 0.0576. The molecule has 0 saturated heterocycles. The first-order valence-electron chi connectivity index (χ1n) is 9.66. The first kappa shape index (κ1) is 20.5. The van der Waals surface area contributed by atoms with Crippen molar-refractivity contribution in [3.05, 3.63) is 72.2 Å². The zero-order valence-corrected chi connectivity index (χ0v) is 16.8. The van der Waals surface area contributed by atoms with Crippen molar-refractivity contribution in [1.82, 2.24) is 19.6 Å². The number of rotatable bonds is 7. The Morgan fingerprint density at radius 1 is 1.16 bits per heavy atom. The van der Waals surface area contributed by atoms with Crippen LogP contribution in [0.3, 0.4) is 0 Å². The van der Waals surface area contributed by atoms with Gasteiger partial charge in [0.25, 0.3) is 5.91 Å². The van der Waals surface area contributed by atoms with Gasteiger partial charge in [-0.3, -0.25) is 4.79 Å². The molecule has 1 aromatic carbocycles. The maximum absolute atomic E-state index is 12.8. The first-order chi connectivity index (χ1) is 15.0. The highest BCUT2D eigenvalue weighted by atomic mass is 16.5. The van der Waals surface area contributed by atoms with E-state index in [0.717, 1.165) is 5.69 Å². The van der Waals surface area contributed by atoms with Crippen molar-refractivity contribution >= 4 is 17.4 Å². The smallest absolute Gasteiger partial charge is 0.277 e. The molecule has 3 heterocycles.